The van der Waals surface area contributed by atoms with Gasteiger partial charge >= 0.3 is 0 Å². The molecule has 0 fully saturated rings. The normalized spacial score (nSPS) is 10.6. The van der Waals surface area contributed by atoms with Crippen molar-refractivity contribution in [3.8, 4) is 0 Å². The summed E-state index contributed by atoms with van der Waals surface area (Å²) in [6.07, 6.45) is 0. The van der Waals surface area contributed by atoms with Crippen molar-refractivity contribution < 1.29 is 0 Å². The minimum atomic E-state index is 0.700. The third-order valence-electron chi connectivity index (χ3n) is 1.53. The first kappa shape index (κ1) is 10.2. The predicted octanol–water partition coefficient (Wildman–Crippen LogP) is 1.87. The lowest BCUT2D eigenvalue weighted by Gasteiger charge is -1.98. The summed E-state index contributed by atoms with van der Waals surface area (Å²) >= 11 is 5.30. The summed E-state index contributed by atoms with van der Waals surface area (Å²) in [5, 5.41) is 3.26. The van der Waals surface area contributed by atoms with Gasteiger partial charge in [-0.2, -0.15) is 0 Å². The lowest BCUT2D eigenvalue weighted by Crippen LogP contribution is -2.21. The van der Waals surface area contributed by atoms with Gasteiger partial charge in [0.05, 0.1) is 0 Å². The van der Waals surface area contributed by atoms with Crippen LogP contribution in [0.3, 0.4) is 0 Å². The number of nitrogens with one attached hydrogen (secondary N) is 1. The molecule has 1 aromatic rings. The maximum atomic E-state index is 5.36. The second kappa shape index (κ2) is 4.97. The van der Waals surface area contributed by atoms with E-state index in [0.29, 0.717) is 6.54 Å². The molecule has 0 aliphatic carbocycles. The van der Waals surface area contributed by atoms with Crippen LogP contribution in [0, 0.1) is 6.92 Å². The van der Waals surface area contributed by atoms with Gasteiger partial charge in [-0.15, -0.1) is 11.3 Å². The van der Waals surface area contributed by atoms with E-state index in [1.807, 2.05) is 11.3 Å². The maximum absolute atomic E-state index is 5.36. The molecule has 1 heterocycles. The van der Waals surface area contributed by atoms with Crippen LogP contribution in [0.25, 0.3) is 0 Å². The third-order valence-corrected chi connectivity index (χ3v) is 3.67. The first-order chi connectivity index (χ1) is 5.74. The average molecular weight is 249 g/mol. The zero-order chi connectivity index (χ0) is 8.97. The Morgan fingerprint density at radius 1 is 1.67 bits per heavy atom. The Hall–Kier alpha value is 0.100. The topological polar surface area (TPSA) is 38.0 Å². The Morgan fingerprint density at radius 2 is 2.42 bits per heavy atom. The van der Waals surface area contributed by atoms with E-state index < -0.39 is 0 Å². The van der Waals surface area contributed by atoms with Crippen molar-refractivity contribution in [2.75, 3.05) is 13.1 Å². The van der Waals surface area contributed by atoms with Gasteiger partial charge in [0, 0.05) is 33.9 Å². The molecule has 0 radical (unpaired) electrons. The molecule has 68 valence electrons. The molecule has 2 nitrogen and oxygen atoms in total. The van der Waals surface area contributed by atoms with Gasteiger partial charge in [0.25, 0.3) is 0 Å². The highest BCUT2D eigenvalue weighted by molar-refractivity contribution is 9.10. The van der Waals surface area contributed by atoms with Gasteiger partial charge in [-0.05, 0) is 28.9 Å². The largest absolute Gasteiger partial charge is 0.329 e. The predicted molar refractivity (Wildman–Crippen MR) is 57.5 cm³/mol. The number of rotatable bonds is 4. The number of hydrogen-bond acceptors (Lipinski definition) is 3. The van der Waals surface area contributed by atoms with E-state index in [0.717, 1.165) is 13.1 Å². The van der Waals surface area contributed by atoms with E-state index in [1.165, 1.54) is 14.2 Å². The number of thiophene rings is 1. The van der Waals surface area contributed by atoms with Crippen LogP contribution in [0.2, 0.25) is 0 Å². The second-order valence-electron chi connectivity index (χ2n) is 2.58. The SMILES string of the molecule is Cc1sc(CNCCN)cc1Br. The first-order valence-electron chi connectivity index (χ1n) is 3.89. The Balaban J connectivity index is 2.42. The van der Waals surface area contributed by atoms with Crippen LogP contribution < -0.4 is 11.1 Å². The zero-order valence-electron chi connectivity index (χ0n) is 7.06. The summed E-state index contributed by atoms with van der Waals surface area (Å²) in [5.74, 6) is 0. The summed E-state index contributed by atoms with van der Waals surface area (Å²) in [7, 11) is 0. The number of nitrogens with two attached hydrogens (primary N) is 1. The molecule has 0 saturated carbocycles. The summed E-state index contributed by atoms with van der Waals surface area (Å²) in [6, 6.07) is 2.16. The number of halogens is 1. The molecule has 1 aromatic heterocycles. The minimum absolute atomic E-state index is 0.700. The molecule has 1 rings (SSSR count). The summed E-state index contributed by atoms with van der Waals surface area (Å²) < 4.78 is 1.21. The van der Waals surface area contributed by atoms with E-state index in [1.54, 1.807) is 0 Å². The highest BCUT2D eigenvalue weighted by atomic mass is 79.9. The van der Waals surface area contributed by atoms with Gasteiger partial charge in [-0.25, -0.2) is 0 Å². The smallest absolute Gasteiger partial charge is 0.0314 e. The molecule has 3 N–H and O–H groups in total. The molecule has 0 bridgehead atoms. The van der Waals surface area contributed by atoms with Crippen LogP contribution in [-0.2, 0) is 6.54 Å². The van der Waals surface area contributed by atoms with Crippen LogP contribution in [0.5, 0.6) is 0 Å². The number of aryl methyl sites for hydroxylation is 1. The summed E-state index contributed by atoms with van der Waals surface area (Å²) in [6.45, 7) is 4.62. The third kappa shape index (κ3) is 2.86. The van der Waals surface area contributed by atoms with Crippen LogP contribution in [0.1, 0.15) is 9.75 Å². The molecule has 12 heavy (non-hydrogen) atoms. The van der Waals surface area contributed by atoms with Gasteiger partial charge in [-0.3, -0.25) is 0 Å². The highest BCUT2D eigenvalue weighted by Gasteiger charge is 2.01. The molecule has 4 heteroatoms. The molecule has 0 spiro atoms. The van der Waals surface area contributed by atoms with Crippen molar-refractivity contribution >= 4 is 27.3 Å². The van der Waals surface area contributed by atoms with Gasteiger partial charge in [0.15, 0.2) is 0 Å². The van der Waals surface area contributed by atoms with Crippen LogP contribution >= 0.6 is 27.3 Å². The van der Waals surface area contributed by atoms with E-state index >= 15 is 0 Å². The van der Waals surface area contributed by atoms with Crippen LogP contribution in [0.4, 0.5) is 0 Å². The molecule has 0 saturated heterocycles. The van der Waals surface area contributed by atoms with Crippen molar-refractivity contribution in [2.24, 2.45) is 5.73 Å². The molecule has 0 aliphatic rings. The molecule has 0 amide bonds. The summed E-state index contributed by atoms with van der Waals surface area (Å²) in [5.41, 5.74) is 5.36. The molecule has 0 atom stereocenters. The lowest BCUT2D eigenvalue weighted by molar-refractivity contribution is 0.702. The average Bonchev–Trinajstić information content (AvgIpc) is 2.32. The fraction of sp³-hybridized carbons (Fsp3) is 0.500. The zero-order valence-corrected chi connectivity index (χ0v) is 9.46. The lowest BCUT2D eigenvalue weighted by atomic mass is 10.4. The van der Waals surface area contributed by atoms with E-state index in [2.05, 4.69) is 34.2 Å². The second-order valence-corrected chi connectivity index (χ2v) is 4.78. The highest BCUT2D eigenvalue weighted by Crippen LogP contribution is 2.25. The van der Waals surface area contributed by atoms with Crippen molar-refractivity contribution in [3.05, 3.63) is 20.3 Å². The van der Waals surface area contributed by atoms with Crippen molar-refractivity contribution in [3.63, 3.8) is 0 Å². The molecule has 0 aliphatic heterocycles. The fourth-order valence-corrected chi connectivity index (χ4v) is 2.49. The Bertz CT molecular complexity index is 228. The van der Waals surface area contributed by atoms with Gasteiger partial charge in [0.2, 0.25) is 0 Å². The molecular weight excluding hydrogens is 236 g/mol. The quantitative estimate of drug-likeness (QED) is 0.799. The minimum Gasteiger partial charge on any atom is -0.329 e. The Kier molecular flexibility index (Phi) is 4.21. The van der Waals surface area contributed by atoms with E-state index in [-0.39, 0.29) is 0 Å². The molecule has 0 aromatic carbocycles. The molecular formula is C8H13BrN2S. The van der Waals surface area contributed by atoms with Gasteiger partial charge in [-0.1, -0.05) is 0 Å². The van der Waals surface area contributed by atoms with Crippen LogP contribution in [-0.4, -0.2) is 13.1 Å². The monoisotopic (exact) mass is 248 g/mol. The van der Waals surface area contributed by atoms with Crippen LogP contribution in [0.15, 0.2) is 10.5 Å². The maximum Gasteiger partial charge on any atom is 0.0314 e. The molecule has 0 unspecified atom stereocenters. The van der Waals surface area contributed by atoms with E-state index in [4.69, 9.17) is 5.73 Å². The Labute approximate surface area is 85.3 Å². The standard InChI is InChI=1S/C8H13BrN2S/c1-6-8(9)4-7(12-6)5-11-3-2-10/h4,11H,2-3,5,10H2,1H3. The fourth-order valence-electron chi connectivity index (χ4n) is 0.919. The van der Waals surface area contributed by atoms with Gasteiger partial charge < -0.3 is 11.1 Å². The van der Waals surface area contributed by atoms with Gasteiger partial charge in [0.1, 0.15) is 0 Å². The Morgan fingerprint density at radius 3 is 2.92 bits per heavy atom. The number of hydrogen-bond donors (Lipinski definition) is 2. The van der Waals surface area contributed by atoms with Crippen molar-refractivity contribution in [2.45, 2.75) is 13.5 Å². The van der Waals surface area contributed by atoms with Crippen molar-refractivity contribution in [1.29, 1.82) is 0 Å². The van der Waals surface area contributed by atoms with Crippen molar-refractivity contribution in [1.82, 2.24) is 5.32 Å². The summed E-state index contributed by atoms with van der Waals surface area (Å²) in [4.78, 5) is 2.69. The van der Waals surface area contributed by atoms with E-state index in [9.17, 15) is 0 Å². The first-order valence-corrected chi connectivity index (χ1v) is 5.50.